The van der Waals surface area contributed by atoms with E-state index in [4.69, 9.17) is 5.11 Å². The van der Waals surface area contributed by atoms with Crippen LogP contribution in [0.1, 0.15) is 44.1 Å². The van der Waals surface area contributed by atoms with Gasteiger partial charge in [-0.25, -0.2) is 13.6 Å². The van der Waals surface area contributed by atoms with Crippen molar-refractivity contribution in [1.82, 2.24) is 10.2 Å². The molecule has 2 amide bonds. The van der Waals surface area contributed by atoms with Crippen LogP contribution < -0.4 is 5.32 Å². The number of nitrogens with zero attached hydrogens (tertiary/aromatic N) is 1. The highest BCUT2D eigenvalue weighted by molar-refractivity contribution is 5.76. The molecule has 1 aliphatic carbocycles. The monoisotopic (exact) mass is 366 g/mol. The maximum Gasteiger partial charge on any atom is 0.317 e. The number of carbonyl (C=O) groups excluding carboxylic acids is 1. The molecule has 1 atom stereocenters. The van der Waals surface area contributed by atoms with Gasteiger partial charge >= 0.3 is 12.0 Å². The van der Waals surface area contributed by atoms with Gasteiger partial charge in [0, 0.05) is 25.0 Å². The molecule has 1 saturated carbocycles. The second-order valence-corrected chi connectivity index (χ2v) is 7.37. The molecular weight excluding hydrogens is 342 g/mol. The molecule has 2 N–H and O–H groups in total. The molecule has 2 fully saturated rings. The van der Waals surface area contributed by atoms with Gasteiger partial charge in [0.05, 0.1) is 5.92 Å². The van der Waals surface area contributed by atoms with E-state index in [0.29, 0.717) is 37.8 Å². The van der Waals surface area contributed by atoms with E-state index in [1.54, 1.807) is 6.07 Å². The van der Waals surface area contributed by atoms with Crippen LogP contribution in [-0.2, 0) is 10.2 Å². The van der Waals surface area contributed by atoms with Crippen molar-refractivity contribution in [1.29, 1.82) is 0 Å². The largest absolute Gasteiger partial charge is 0.481 e. The molecule has 1 aliphatic heterocycles. The number of carboxylic acid groups (broad SMARTS) is 1. The number of urea groups is 1. The number of carboxylic acids is 1. The minimum Gasteiger partial charge on any atom is -0.481 e. The number of hydrogen-bond acceptors (Lipinski definition) is 2. The summed E-state index contributed by atoms with van der Waals surface area (Å²) in [6.07, 6.45) is 4.38. The lowest BCUT2D eigenvalue weighted by Crippen LogP contribution is -2.50. The average molecular weight is 366 g/mol. The van der Waals surface area contributed by atoms with E-state index in [2.05, 4.69) is 5.32 Å². The molecule has 2 aliphatic rings. The fourth-order valence-electron chi connectivity index (χ4n) is 4.23. The summed E-state index contributed by atoms with van der Waals surface area (Å²) in [4.78, 5) is 25.2. The Labute approximate surface area is 151 Å². The van der Waals surface area contributed by atoms with E-state index >= 15 is 0 Å². The smallest absolute Gasteiger partial charge is 0.317 e. The predicted molar refractivity (Wildman–Crippen MR) is 91.8 cm³/mol. The molecule has 0 aromatic heterocycles. The molecule has 0 spiro atoms. The van der Waals surface area contributed by atoms with E-state index in [9.17, 15) is 18.4 Å². The van der Waals surface area contributed by atoms with Crippen LogP contribution in [0.5, 0.6) is 0 Å². The molecular formula is C19H24F2N2O3. The standard InChI is InChI=1S/C19H24F2N2O3/c20-15-7-3-6-14(16(15)21)19(8-1-2-9-19)12-22-18(26)23-10-4-5-13(11-23)17(24)25/h3,6-7,13H,1-2,4-5,8-12H2,(H,22,26)(H,24,25). The lowest BCUT2D eigenvalue weighted by Gasteiger charge is -2.34. The first-order valence-electron chi connectivity index (χ1n) is 9.13. The molecule has 1 unspecified atom stereocenters. The van der Waals surface area contributed by atoms with Crippen molar-refractivity contribution in [2.45, 2.75) is 43.9 Å². The first-order valence-corrected chi connectivity index (χ1v) is 9.13. The first kappa shape index (κ1) is 18.6. The Hall–Kier alpha value is -2.18. The molecule has 1 aromatic rings. The molecule has 26 heavy (non-hydrogen) atoms. The van der Waals surface area contributed by atoms with Gasteiger partial charge in [0.15, 0.2) is 11.6 Å². The van der Waals surface area contributed by atoms with Crippen molar-refractivity contribution in [3.05, 3.63) is 35.4 Å². The Kier molecular flexibility index (Phi) is 5.44. The van der Waals surface area contributed by atoms with Crippen molar-refractivity contribution >= 4 is 12.0 Å². The van der Waals surface area contributed by atoms with E-state index in [1.165, 1.54) is 11.0 Å². The van der Waals surface area contributed by atoms with Crippen LogP contribution >= 0.6 is 0 Å². The maximum absolute atomic E-state index is 14.4. The summed E-state index contributed by atoms with van der Waals surface area (Å²) in [5, 5.41) is 12.0. The van der Waals surface area contributed by atoms with Gasteiger partial charge in [-0.1, -0.05) is 25.0 Å². The van der Waals surface area contributed by atoms with Crippen LogP contribution in [0.4, 0.5) is 13.6 Å². The summed E-state index contributed by atoms with van der Waals surface area (Å²) in [5.41, 5.74) is -0.290. The molecule has 7 heteroatoms. The second kappa shape index (κ2) is 7.60. The predicted octanol–water partition coefficient (Wildman–Crippen LogP) is 3.28. The third-order valence-electron chi connectivity index (χ3n) is 5.72. The summed E-state index contributed by atoms with van der Waals surface area (Å²) in [5.74, 6) is -3.15. The Bertz CT molecular complexity index is 689. The average Bonchev–Trinajstić information content (AvgIpc) is 3.12. The number of piperidine rings is 1. The van der Waals surface area contributed by atoms with Gasteiger partial charge in [-0.2, -0.15) is 0 Å². The van der Waals surface area contributed by atoms with Gasteiger partial charge < -0.3 is 15.3 Å². The van der Waals surface area contributed by atoms with Crippen LogP contribution in [0.15, 0.2) is 18.2 Å². The van der Waals surface area contributed by atoms with Crippen molar-refractivity contribution < 1.29 is 23.5 Å². The fraction of sp³-hybridized carbons (Fsp3) is 0.579. The number of nitrogens with one attached hydrogen (secondary N) is 1. The number of likely N-dealkylation sites (tertiary alicyclic amines) is 1. The van der Waals surface area contributed by atoms with Crippen LogP contribution in [0.2, 0.25) is 0 Å². The van der Waals surface area contributed by atoms with Gasteiger partial charge in [0.25, 0.3) is 0 Å². The molecule has 1 aromatic carbocycles. The molecule has 5 nitrogen and oxygen atoms in total. The highest BCUT2D eigenvalue weighted by Crippen LogP contribution is 2.42. The lowest BCUT2D eigenvalue weighted by molar-refractivity contribution is -0.143. The van der Waals surface area contributed by atoms with Crippen LogP contribution in [0.25, 0.3) is 0 Å². The van der Waals surface area contributed by atoms with Crippen molar-refractivity contribution in [3.8, 4) is 0 Å². The van der Waals surface area contributed by atoms with Gasteiger partial charge in [0.2, 0.25) is 0 Å². The SMILES string of the molecule is O=C(O)C1CCCN(C(=O)NCC2(c3cccc(F)c3F)CCCC2)C1. The summed E-state index contributed by atoms with van der Waals surface area (Å²) in [7, 11) is 0. The molecule has 1 heterocycles. The first-order chi connectivity index (χ1) is 12.4. The number of halogens is 2. The van der Waals surface area contributed by atoms with Gasteiger partial charge in [-0.05, 0) is 37.3 Å². The van der Waals surface area contributed by atoms with Gasteiger partial charge in [0.1, 0.15) is 0 Å². The Morgan fingerprint density at radius 2 is 1.96 bits per heavy atom. The number of benzene rings is 1. The molecule has 0 bridgehead atoms. The van der Waals surface area contributed by atoms with Crippen molar-refractivity contribution in [2.24, 2.45) is 5.92 Å². The molecule has 142 valence electrons. The van der Waals surface area contributed by atoms with E-state index in [1.807, 2.05) is 0 Å². The van der Waals surface area contributed by atoms with Crippen LogP contribution in [-0.4, -0.2) is 41.6 Å². The van der Waals surface area contributed by atoms with E-state index in [0.717, 1.165) is 18.9 Å². The Balaban J connectivity index is 1.70. The quantitative estimate of drug-likeness (QED) is 0.859. The lowest BCUT2D eigenvalue weighted by atomic mass is 9.78. The van der Waals surface area contributed by atoms with Crippen molar-refractivity contribution in [3.63, 3.8) is 0 Å². The topological polar surface area (TPSA) is 69.6 Å². The number of aliphatic carboxylic acids is 1. The zero-order chi connectivity index (χ0) is 18.7. The maximum atomic E-state index is 14.4. The molecule has 0 radical (unpaired) electrons. The van der Waals surface area contributed by atoms with Crippen LogP contribution in [0.3, 0.4) is 0 Å². The van der Waals surface area contributed by atoms with Gasteiger partial charge in [-0.15, -0.1) is 0 Å². The summed E-state index contributed by atoms with van der Waals surface area (Å²) in [6, 6.07) is 3.86. The summed E-state index contributed by atoms with van der Waals surface area (Å²) < 4.78 is 28.0. The zero-order valence-electron chi connectivity index (χ0n) is 14.6. The van der Waals surface area contributed by atoms with Crippen LogP contribution in [0, 0.1) is 17.6 Å². The molecule has 3 rings (SSSR count). The normalized spacial score (nSPS) is 22.2. The number of carbonyl (C=O) groups is 2. The second-order valence-electron chi connectivity index (χ2n) is 7.37. The minimum atomic E-state index is -0.892. The number of amides is 2. The molecule has 1 saturated heterocycles. The number of hydrogen-bond donors (Lipinski definition) is 2. The zero-order valence-corrected chi connectivity index (χ0v) is 14.6. The third-order valence-corrected chi connectivity index (χ3v) is 5.72. The highest BCUT2D eigenvalue weighted by atomic mass is 19.2. The summed E-state index contributed by atoms with van der Waals surface area (Å²) >= 11 is 0. The third kappa shape index (κ3) is 3.66. The van der Waals surface area contributed by atoms with Gasteiger partial charge in [-0.3, -0.25) is 4.79 Å². The Morgan fingerprint density at radius 1 is 1.23 bits per heavy atom. The minimum absolute atomic E-state index is 0.183. The van der Waals surface area contributed by atoms with E-state index < -0.39 is 28.9 Å². The number of rotatable bonds is 4. The van der Waals surface area contributed by atoms with Crippen molar-refractivity contribution in [2.75, 3.05) is 19.6 Å². The highest BCUT2D eigenvalue weighted by Gasteiger charge is 2.39. The fourth-order valence-corrected chi connectivity index (χ4v) is 4.23. The summed E-state index contributed by atoms with van der Waals surface area (Å²) in [6.45, 7) is 0.917. The van der Waals surface area contributed by atoms with E-state index in [-0.39, 0.29) is 19.1 Å². The Morgan fingerprint density at radius 3 is 2.65 bits per heavy atom.